The van der Waals surface area contributed by atoms with Gasteiger partial charge in [-0.2, -0.15) is 13.2 Å². The summed E-state index contributed by atoms with van der Waals surface area (Å²) in [7, 11) is 0. The highest BCUT2D eigenvalue weighted by Gasteiger charge is 2.36. The first-order valence-electron chi connectivity index (χ1n) is 6.38. The molecule has 0 aliphatic carbocycles. The fraction of sp³-hybridized carbons (Fsp3) is 0.500. The lowest BCUT2D eigenvalue weighted by atomic mass is 9.94. The van der Waals surface area contributed by atoms with Gasteiger partial charge in [0, 0.05) is 15.9 Å². The topological polar surface area (TPSA) is 29.1 Å². The van der Waals surface area contributed by atoms with Crippen molar-refractivity contribution in [2.24, 2.45) is 0 Å². The normalized spacial score (nSPS) is 14.6. The molecule has 0 aromatic heterocycles. The molecule has 118 valence electrons. The summed E-state index contributed by atoms with van der Waals surface area (Å²) >= 11 is 8.67. The lowest BCUT2D eigenvalue weighted by molar-refractivity contribution is -0.138. The number of carbonyl (C=O) groups is 1. The van der Waals surface area contributed by atoms with Crippen LogP contribution in [0.5, 0.6) is 0 Å². The summed E-state index contributed by atoms with van der Waals surface area (Å²) in [5, 5.41) is 2.65. The molecule has 1 N–H and O–H groups in total. The molecule has 21 heavy (non-hydrogen) atoms. The van der Waals surface area contributed by atoms with Gasteiger partial charge in [0.1, 0.15) is 0 Å². The van der Waals surface area contributed by atoms with Crippen LogP contribution in [-0.2, 0) is 6.18 Å². The van der Waals surface area contributed by atoms with Gasteiger partial charge in [0.2, 0.25) is 0 Å². The average molecular weight is 387 g/mol. The number of alkyl halides is 4. The van der Waals surface area contributed by atoms with Gasteiger partial charge >= 0.3 is 6.18 Å². The molecule has 1 amide bonds. The molecule has 0 aliphatic heterocycles. The predicted molar refractivity (Wildman–Crippen MR) is 80.6 cm³/mol. The zero-order valence-electron chi connectivity index (χ0n) is 11.7. The minimum atomic E-state index is -4.59. The molecule has 1 unspecified atom stereocenters. The van der Waals surface area contributed by atoms with Crippen molar-refractivity contribution < 1.29 is 18.0 Å². The maximum Gasteiger partial charge on any atom is 0.417 e. The number of amides is 1. The standard InChI is InChI=1S/C14H16BrClF3NO/c1-3-13(2,6-7-16)20-12(21)10-5-4-9(15)8-11(10)14(17,18)19/h4-5,8H,3,6-7H2,1-2H3,(H,20,21). The second-order valence-electron chi connectivity index (χ2n) is 4.99. The Bertz CT molecular complexity index is 521. The second-order valence-corrected chi connectivity index (χ2v) is 6.29. The van der Waals surface area contributed by atoms with E-state index in [-0.39, 0.29) is 10.0 Å². The summed E-state index contributed by atoms with van der Waals surface area (Å²) in [6.07, 6.45) is -3.54. The van der Waals surface area contributed by atoms with Crippen LogP contribution in [0.3, 0.4) is 0 Å². The van der Waals surface area contributed by atoms with Crippen LogP contribution in [0.25, 0.3) is 0 Å². The van der Waals surface area contributed by atoms with Crippen molar-refractivity contribution >= 4 is 33.4 Å². The minimum Gasteiger partial charge on any atom is -0.347 e. The summed E-state index contributed by atoms with van der Waals surface area (Å²) in [6, 6.07) is 3.48. The minimum absolute atomic E-state index is 0.269. The number of hydrogen-bond acceptors (Lipinski definition) is 1. The molecule has 1 rings (SSSR count). The first kappa shape index (κ1) is 18.3. The molecule has 0 heterocycles. The van der Waals surface area contributed by atoms with Gasteiger partial charge in [0.05, 0.1) is 11.1 Å². The van der Waals surface area contributed by atoms with Gasteiger partial charge in [0.25, 0.3) is 5.91 Å². The van der Waals surface area contributed by atoms with Gasteiger partial charge in [-0.3, -0.25) is 4.79 Å². The van der Waals surface area contributed by atoms with Crippen molar-refractivity contribution in [3.05, 3.63) is 33.8 Å². The molecule has 0 saturated carbocycles. The second kappa shape index (κ2) is 7.01. The van der Waals surface area contributed by atoms with Gasteiger partial charge in [-0.1, -0.05) is 22.9 Å². The molecule has 0 saturated heterocycles. The van der Waals surface area contributed by atoms with Crippen molar-refractivity contribution in [1.82, 2.24) is 5.32 Å². The first-order valence-corrected chi connectivity index (χ1v) is 7.71. The quantitative estimate of drug-likeness (QED) is 0.709. The summed E-state index contributed by atoms with van der Waals surface area (Å²) in [5.41, 5.74) is -1.98. The third-order valence-electron chi connectivity index (χ3n) is 3.37. The number of benzene rings is 1. The van der Waals surface area contributed by atoms with Gasteiger partial charge < -0.3 is 5.32 Å². The third-order valence-corrected chi connectivity index (χ3v) is 4.06. The maximum atomic E-state index is 13.0. The lowest BCUT2D eigenvalue weighted by Gasteiger charge is -2.29. The Morgan fingerprint density at radius 2 is 2.00 bits per heavy atom. The van der Waals surface area contributed by atoms with Crippen LogP contribution >= 0.6 is 27.5 Å². The molecule has 1 aromatic carbocycles. The molecule has 0 spiro atoms. The smallest absolute Gasteiger partial charge is 0.347 e. The first-order chi connectivity index (χ1) is 9.63. The number of carbonyl (C=O) groups excluding carboxylic acids is 1. The zero-order chi connectivity index (χ0) is 16.3. The van der Waals surface area contributed by atoms with Gasteiger partial charge in [0.15, 0.2) is 0 Å². The number of rotatable bonds is 5. The Morgan fingerprint density at radius 1 is 1.38 bits per heavy atom. The summed E-state index contributed by atoms with van der Waals surface area (Å²) in [6.45, 7) is 3.61. The summed E-state index contributed by atoms with van der Waals surface area (Å²) in [5.74, 6) is -0.429. The molecule has 1 aromatic rings. The molecule has 0 bridgehead atoms. The largest absolute Gasteiger partial charge is 0.417 e. The molecule has 0 fully saturated rings. The van der Waals surface area contributed by atoms with E-state index in [9.17, 15) is 18.0 Å². The fourth-order valence-corrected chi connectivity index (χ4v) is 2.60. The number of hydrogen-bond donors (Lipinski definition) is 1. The fourth-order valence-electron chi connectivity index (χ4n) is 1.83. The number of halogens is 5. The molecular formula is C14H16BrClF3NO. The summed E-state index contributed by atoms with van der Waals surface area (Å²) in [4.78, 5) is 12.2. The Morgan fingerprint density at radius 3 is 2.48 bits per heavy atom. The SMILES string of the molecule is CCC(C)(CCCl)NC(=O)c1ccc(Br)cc1C(F)(F)F. The van der Waals surface area contributed by atoms with Crippen molar-refractivity contribution in [3.8, 4) is 0 Å². The molecule has 0 aliphatic rings. The highest BCUT2D eigenvalue weighted by atomic mass is 79.9. The van der Waals surface area contributed by atoms with E-state index in [2.05, 4.69) is 21.2 Å². The van der Waals surface area contributed by atoms with Crippen LogP contribution in [-0.4, -0.2) is 17.3 Å². The van der Waals surface area contributed by atoms with Crippen LogP contribution in [0.15, 0.2) is 22.7 Å². The molecular weight excluding hydrogens is 371 g/mol. The van der Waals surface area contributed by atoms with Crippen molar-refractivity contribution in [3.63, 3.8) is 0 Å². The highest BCUT2D eigenvalue weighted by molar-refractivity contribution is 9.10. The predicted octanol–water partition coefficient (Wildman–Crippen LogP) is 5.00. The van der Waals surface area contributed by atoms with Gasteiger partial charge in [-0.15, -0.1) is 11.6 Å². The monoisotopic (exact) mass is 385 g/mol. The van der Waals surface area contributed by atoms with E-state index in [1.54, 1.807) is 6.92 Å². The number of nitrogens with one attached hydrogen (secondary N) is 1. The highest BCUT2D eigenvalue weighted by Crippen LogP contribution is 2.34. The van der Waals surface area contributed by atoms with Crippen LogP contribution in [0.4, 0.5) is 13.2 Å². The van der Waals surface area contributed by atoms with E-state index in [4.69, 9.17) is 11.6 Å². The molecule has 1 atom stereocenters. The van der Waals surface area contributed by atoms with Crippen LogP contribution in [0.2, 0.25) is 0 Å². The van der Waals surface area contributed by atoms with Crippen LogP contribution in [0, 0.1) is 0 Å². The summed E-state index contributed by atoms with van der Waals surface area (Å²) < 4.78 is 39.4. The van der Waals surface area contributed by atoms with Gasteiger partial charge in [-0.25, -0.2) is 0 Å². The third kappa shape index (κ3) is 4.88. The Labute approximate surface area is 135 Å². The Balaban J connectivity index is 3.13. The lowest BCUT2D eigenvalue weighted by Crippen LogP contribution is -2.46. The zero-order valence-corrected chi connectivity index (χ0v) is 14.0. The van der Waals surface area contributed by atoms with Crippen molar-refractivity contribution in [2.75, 3.05) is 5.88 Å². The average Bonchev–Trinajstić information content (AvgIpc) is 2.37. The maximum absolute atomic E-state index is 13.0. The van der Waals surface area contributed by atoms with E-state index in [1.807, 2.05) is 6.92 Å². The van der Waals surface area contributed by atoms with Crippen LogP contribution in [0.1, 0.15) is 42.6 Å². The Kier molecular flexibility index (Phi) is 6.11. The molecule has 7 heteroatoms. The van der Waals surface area contributed by atoms with Crippen molar-refractivity contribution in [2.45, 2.75) is 38.4 Å². The molecule has 0 radical (unpaired) electrons. The molecule has 2 nitrogen and oxygen atoms in total. The Hall–Kier alpha value is -0.750. The van der Waals surface area contributed by atoms with Crippen LogP contribution < -0.4 is 5.32 Å². The van der Waals surface area contributed by atoms with E-state index in [0.29, 0.717) is 18.7 Å². The van der Waals surface area contributed by atoms with Crippen molar-refractivity contribution in [1.29, 1.82) is 0 Å². The van der Waals surface area contributed by atoms with Gasteiger partial charge in [-0.05, 0) is 38.0 Å². The van der Waals surface area contributed by atoms with E-state index >= 15 is 0 Å². The van der Waals surface area contributed by atoms with E-state index < -0.39 is 23.2 Å². The van der Waals surface area contributed by atoms with E-state index in [1.165, 1.54) is 12.1 Å². The van der Waals surface area contributed by atoms with E-state index in [0.717, 1.165) is 6.07 Å².